The average Bonchev–Trinajstić information content (AvgIpc) is 3.88. The third-order valence-electron chi connectivity index (χ3n) is 11.1. The summed E-state index contributed by atoms with van der Waals surface area (Å²) in [6, 6.07) is 60.5. The molecule has 55 heavy (non-hydrogen) atoms. The van der Waals surface area contributed by atoms with Crippen LogP contribution in [0.4, 0.5) is 0 Å². The maximum absolute atomic E-state index is 4.92. The van der Waals surface area contributed by atoms with E-state index in [2.05, 4.69) is 191 Å². The van der Waals surface area contributed by atoms with E-state index in [0.29, 0.717) is 0 Å². The largest absolute Gasteiger partial charge is 0.309 e. The number of nitrogens with zero attached hydrogens (tertiary/aromatic N) is 4. The van der Waals surface area contributed by atoms with Crippen LogP contribution in [-0.2, 0) is 0 Å². The van der Waals surface area contributed by atoms with Crippen LogP contribution in [0, 0.1) is 6.92 Å². The van der Waals surface area contributed by atoms with Crippen molar-refractivity contribution >= 4 is 54.4 Å². The molecule has 0 saturated carbocycles. The molecule has 0 atom stereocenters. The number of fused-ring (bicyclic) bond motifs is 9. The maximum atomic E-state index is 4.92. The molecule has 258 valence electrons. The van der Waals surface area contributed by atoms with Gasteiger partial charge in [-0.25, -0.2) is 4.98 Å². The first-order valence-electron chi connectivity index (χ1n) is 18.7. The van der Waals surface area contributed by atoms with Crippen molar-refractivity contribution in [3.63, 3.8) is 0 Å². The Morgan fingerprint density at radius 1 is 0.400 bits per heavy atom. The predicted octanol–water partition coefficient (Wildman–Crippen LogP) is 13.1. The van der Waals surface area contributed by atoms with Gasteiger partial charge >= 0.3 is 0 Å². The molecule has 0 N–H and O–H groups in total. The van der Waals surface area contributed by atoms with Crippen LogP contribution in [0.1, 0.15) is 5.56 Å². The Bertz CT molecular complexity index is 3220. The van der Waals surface area contributed by atoms with Crippen molar-refractivity contribution in [2.75, 3.05) is 0 Å². The number of benzene rings is 7. The highest BCUT2D eigenvalue weighted by Gasteiger charge is 2.23. The normalized spacial score (nSPS) is 11.7. The summed E-state index contributed by atoms with van der Waals surface area (Å²) in [6.45, 7) is 2.14. The summed E-state index contributed by atoms with van der Waals surface area (Å²) in [7, 11) is 0. The molecule has 0 saturated heterocycles. The smallest absolute Gasteiger partial charge is 0.138 e. The fourth-order valence-corrected chi connectivity index (χ4v) is 8.66. The molecule has 0 radical (unpaired) electrons. The first kappa shape index (κ1) is 31.2. The van der Waals surface area contributed by atoms with Gasteiger partial charge in [-0.2, -0.15) is 0 Å². The molecule has 0 bridgehead atoms. The molecule has 11 aromatic rings. The number of rotatable bonds is 3. The van der Waals surface area contributed by atoms with E-state index in [9.17, 15) is 0 Å². The second-order valence-electron chi connectivity index (χ2n) is 14.3. The molecule has 4 nitrogen and oxygen atoms in total. The Hall–Kier alpha value is -7.30. The zero-order valence-electron chi connectivity index (χ0n) is 30.2. The molecular weight excluding hydrogens is 669 g/mol. The highest BCUT2D eigenvalue weighted by atomic mass is 15.1. The fourth-order valence-electron chi connectivity index (χ4n) is 8.66. The van der Waals surface area contributed by atoms with E-state index < -0.39 is 0 Å². The van der Waals surface area contributed by atoms with Gasteiger partial charge in [-0.1, -0.05) is 127 Å². The van der Waals surface area contributed by atoms with Crippen LogP contribution >= 0.6 is 0 Å². The van der Waals surface area contributed by atoms with E-state index in [0.717, 1.165) is 11.4 Å². The first-order chi connectivity index (χ1) is 27.2. The zero-order chi connectivity index (χ0) is 36.5. The van der Waals surface area contributed by atoms with E-state index in [4.69, 9.17) is 4.98 Å². The van der Waals surface area contributed by atoms with Gasteiger partial charge in [0.1, 0.15) is 5.82 Å². The summed E-state index contributed by atoms with van der Waals surface area (Å²) in [5.41, 5.74) is 14.6. The lowest BCUT2D eigenvalue weighted by atomic mass is 10.1. The molecule has 0 unspecified atom stereocenters. The summed E-state index contributed by atoms with van der Waals surface area (Å²) in [5.74, 6) is 0.946. The summed E-state index contributed by atoms with van der Waals surface area (Å²) >= 11 is 0. The van der Waals surface area contributed by atoms with Crippen molar-refractivity contribution in [1.29, 1.82) is 0 Å². The summed E-state index contributed by atoms with van der Waals surface area (Å²) in [5, 5.41) is 7.57. The molecule has 0 fully saturated rings. The molecular formula is C51H34N4. The van der Waals surface area contributed by atoms with Crippen LogP contribution in [0.3, 0.4) is 0 Å². The lowest BCUT2D eigenvalue weighted by Crippen LogP contribution is -1.98. The SMILES string of the molecule is Cc1ccc2c(c1)c1ccccc1n2-c1cc2c(cn1)-c1cncc3cccc-2c13.c1ccc(-c2cccc(-n3c4ccccc4c4ccccc43)c2)cc1. The molecule has 1 aliphatic carbocycles. The molecule has 12 rings (SSSR count). The minimum absolute atomic E-state index is 0.946. The highest BCUT2D eigenvalue weighted by molar-refractivity contribution is 6.15. The summed E-state index contributed by atoms with van der Waals surface area (Å²) < 4.78 is 4.64. The second-order valence-corrected chi connectivity index (χ2v) is 14.3. The van der Waals surface area contributed by atoms with Gasteiger partial charge in [-0.05, 0) is 77.7 Å². The molecule has 4 heterocycles. The van der Waals surface area contributed by atoms with E-state index >= 15 is 0 Å². The molecule has 0 aliphatic heterocycles. The molecule has 4 aromatic heterocycles. The standard InChI is InChI=1S/C27H17N3.C24H17N/c1-16-9-10-25-21(11-16)18-6-2-3-8-24(18)30(25)26-12-20-19-7-4-5-17-13-28-14-23(27(17)19)22(20)15-29-26;1-2-9-18(10-3-1)19-11-8-12-20(17-19)25-23-15-6-4-13-21(23)22-14-5-7-16-24(22)25/h2-15H,1H3;1-17H. The number of hydrogen-bond donors (Lipinski definition) is 0. The summed E-state index contributed by atoms with van der Waals surface area (Å²) in [4.78, 5) is 9.37. The minimum Gasteiger partial charge on any atom is -0.309 e. The Balaban J connectivity index is 0.000000130. The Kier molecular flexibility index (Phi) is 7.04. The number of aromatic nitrogens is 4. The molecule has 7 aromatic carbocycles. The highest BCUT2D eigenvalue weighted by Crippen LogP contribution is 2.47. The van der Waals surface area contributed by atoms with Crippen molar-refractivity contribution in [2.24, 2.45) is 0 Å². The van der Waals surface area contributed by atoms with Gasteiger partial charge in [0, 0.05) is 67.7 Å². The van der Waals surface area contributed by atoms with Gasteiger partial charge in [-0.3, -0.25) is 9.55 Å². The monoisotopic (exact) mass is 702 g/mol. The summed E-state index contributed by atoms with van der Waals surface area (Å²) in [6.07, 6.45) is 5.91. The molecule has 0 spiro atoms. The molecule has 4 heteroatoms. The Morgan fingerprint density at radius 3 is 1.80 bits per heavy atom. The third-order valence-corrected chi connectivity index (χ3v) is 11.1. The Morgan fingerprint density at radius 2 is 1.04 bits per heavy atom. The van der Waals surface area contributed by atoms with E-state index in [1.54, 1.807) is 0 Å². The van der Waals surface area contributed by atoms with Crippen LogP contribution < -0.4 is 0 Å². The number of para-hydroxylation sites is 3. The number of aryl methyl sites for hydroxylation is 1. The first-order valence-corrected chi connectivity index (χ1v) is 18.7. The zero-order valence-corrected chi connectivity index (χ0v) is 30.2. The van der Waals surface area contributed by atoms with Crippen molar-refractivity contribution in [1.82, 2.24) is 19.1 Å². The van der Waals surface area contributed by atoms with E-state index in [1.807, 2.05) is 18.6 Å². The van der Waals surface area contributed by atoms with Gasteiger partial charge < -0.3 is 4.57 Å². The van der Waals surface area contributed by atoms with E-state index in [1.165, 1.54) is 93.5 Å². The fraction of sp³-hybridized carbons (Fsp3) is 0.0196. The van der Waals surface area contributed by atoms with Gasteiger partial charge in [0.25, 0.3) is 0 Å². The van der Waals surface area contributed by atoms with Crippen molar-refractivity contribution in [3.05, 3.63) is 194 Å². The van der Waals surface area contributed by atoms with Crippen molar-refractivity contribution in [3.8, 4) is 44.9 Å². The number of pyridine rings is 2. The van der Waals surface area contributed by atoms with E-state index in [-0.39, 0.29) is 0 Å². The van der Waals surface area contributed by atoms with Gasteiger partial charge in [0.15, 0.2) is 0 Å². The Labute approximate surface area is 318 Å². The van der Waals surface area contributed by atoms with Crippen molar-refractivity contribution < 1.29 is 0 Å². The quantitative estimate of drug-likeness (QED) is 0.184. The van der Waals surface area contributed by atoms with Crippen LogP contribution in [0.15, 0.2) is 188 Å². The topological polar surface area (TPSA) is 35.6 Å². The van der Waals surface area contributed by atoms with Crippen LogP contribution in [0.5, 0.6) is 0 Å². The minimum atomic E-state index is 0.946. The van der Waals surface area contributed by atoms with Gasteiger partial charge in [0.2, 0.25) is 0 Å². The van der Waals surface area contributed by atoms with Crippen LogP contribution in [0.25, 0.3) is 99.3 Å². The second kappa shape index (κ2) is 12.4. The lowest BCUT2D eigenvalue weighted by molar-refractivity contribution is 1.08. The third kappa shape index (κ3) is 4.92. The lowest BCUT2D eigenvalue weighted by Gasteiger charge is -2.10. The van der Waals surface area contributed by atoms with Crippen LogP contribution in [0.2, 0.25) is 0 Å². The number of hydrogen-bond acceptors (Lipinski definition) is 2. The maximum Gasteiger partial charge on any atom is 0.138 e. The van der Waals surface area contributed by atoms with Gasteiger partial charge in [-0.15, -0.1) is 0 Å². The molecule has 0 amide bonds. The predicted molar refractivity (Wildman–Crippen MR) is 229 cm³/mol. The van der Waals surface area contributed by atoms with Gasteiger partial charge in [0.05, 0.1) is 22.1 Å². The molecule has 1 aliphatic rings. The average molecular weight is 703 g/mol. The van der Waals surface area contributed by atoms with Crippen molar-refractivity contribution in [2.45, 2.75) is 6.92 Å². The van der Waals surface area contributed by atoms with Crippen LogP contribution in [-0.4, -0.2) is 19.1 Å².